The van der Waals surface area contributed by atoms with Gasteiger partial charge in [-0.1, -0.05) is 6.07 Å². The SMILES string of the molecule is COc1cc(C(=O)NCCNCC(C)O)ccc1C. The van der Waals surface area contributed by atoms with Crippen LogP contribution in [0.4, 0.5) is 0 Å². The quantitative estimate of drug-likeness (QED) is 0.636. The maximum absolute atomic E-state index is 11.9. The number of ether oxygens (including phenoxy) is 1. The molecule has 0 bridgehead atoms. The summed E-state index contributed by atoms with van der Waals surface area (Å²) in [4.78, 5) is 11.9. The van der Waals surface area contributed by atoms with E-state index in [1.54, 1.807) is 26.2 Å². The first-order valence-electron chi connectivity index (χ1n) is 6.36. The van der Waals surface area contributed by atoms with Crippen LogP contribution >= 0.6 is 0 Å². The monoisotopic (exact) mass is 266 g/mol. The Morgan fingerprint density at radius 2 is 2.16 bits per heavy atom. The molecule has 5 nitrogen and oxygen atoms in total. The normalized spacial score (nSPS) is 12.0. The molecule has 5 heteroatoms. The molecule has 3 N–H and O–H groups in total. The fraction of sp³-hybridized carbons (Fsp3) is 0.500. The molecule has 0 radical (unpaired) electrons. The number of carbonyl (C=O) groups excluding carboxylic acids is 1. The van der Waals surface area contributed by atoms with E-state index in [1.807, 2.05) is 13.0 Å². The molecule has 0 aromatic heterocycles. The van der Waals surface area contributed by atoms with Crippen LogP contribution in [0.2, 0.25) is 0 Å². The highest BCUT2D eigenvalue weighted by atomic mass is 16.5. The lowest BCUT2D eigenvalue weighted by molar-refractivity contribution is 0.0953. The van der Waals surface area contributed by atoms with Crippen LogP contribution < -0.4 is 15.4 Å². The van der Waals surface area contributed by atoms with Crippen molar-refractivity contribution in [3.63, 3.8) is 0 Å². The largest absolute Gasteiger partial charge is 0.496 e. The third-order valence-electron chi connectivity index (χ3n) is 2.70. The topological polar surface area (TPSA) is 70.6 Å². The lowest BCUT2D eigenvalue weighted by Crippen LogP contribution is -2.34. The number of methoxy groups -OCH3 is 1. The van der Waals surface area contributed by atoms with Gasteiger partial charge in [-0.05, 0) is 31.5 Å². The Bertz CT molecular complexity index is 419. The maximum Gasteiger partial charge on any atom is 0.251 e. The van der Waals surface area contributed by atoms with Crippen molar-refractivity contribution in [2.45, 2.75) is 20.0 Å². The van der Waals surface area contributed by atoms with Crippen LogP contribution in [0.1, 0.15) is 22.8 Å². The minimum absolute atomic E-state index is 0.128. The molecule has 1 aromatic rings. The lowest BCUT2D eigenvalue weighted by atomic mass is 10.1. The summed E-state index contributed by atoms with van der Waals surface area (Å²) < 4.78 is 5.19. The average molecular weight is 266 g/mol. The second-order valence-corrected chi connectivity index (χ2v) is 4.49. The minimum Gasteiger partial charge on any atom is -0.496 e. The second-order valence-electron chi connectivity index (χ2n) is 4.49. The molecule has 106 valence electrons. The van der Waals surface area contributed by atoms with Crippen molar-refractivity contribution < 1.29 is 14.6 Å². The number of aryl methyl sites for hydroxylation is 1. The van der Waals surface area contributed by atoms with Gasteiger partial charge in [0.2, 0.25) is 0 Å². The molecule has 0 spiro atoms. The van der Waals surface area contributed by atoms with Crippen LogP contribution in [0.5, 0.6) is 5.75 Å². The smallest absolute Gasteiger partial charge is 0.251 e. The number of rotatable bonds is 7. The Hall–Kier alpha value is -1.59. The van der Waals surface area contributed by atoms with Gasteiger partial charge in [-0.25, -0.2) is 0 Å². The molecule has 1 unspecified atom stereocenters. The highest BCUT2D eigenvalue weighted by molar-refractivity contribution is 5.94. The number of amides is 1. The van der Waals surface area contributed by atoms with Crippen molar-refractivity contribution in [1.29, 1.82) is 0 Å². The first-order valence-corrected chi connectivity index (χ1v) is 6.36. The highest BCUT2D eigenvalue weighted by Gasteiger charge is 2.07. The molecule has 1 rings (SSSR count). The van der Waals surface area contributed by atoms with Crippen molar-refractivity contribution in [1.82, 2.24) is 10.6 Å². The Kier molecular flexibility index (Phi) is 6.32. The van der Waals surface area contributed by atoms with Gasteiger partial charge in [0.1, 0.15) is 5.75 Å². The van der Waals surface area contributed by atoms with Gasteiger partial charge in [0.25, 0.3) is 5.91 Å². The van der Waals surface area contributed by atoms with Crippen LogP contribution in [0.3, 0.4) is 0 Å². The number of aliphatic hydroxyl groups is 1. The number of hydrogen-bond donors (Lipinski definition) is 3. The summed E-state index contributed by atoms with van der Waals surface area (Å²) in [6.07, 6.45) is -0.378. The van der Waals surface area contributed by atoms with Crippen molar-refractivity contribution in [2.75, 3.05) is 26.7 Å². The Morgan fingerprint density at radius 1 is 1.42 bits per heavy atom. The molecular formula is C14H22N2O3. The van der Waals surface area contributed by atoms with Gasteiger partial charge in [0, 0.05) is 25.2 Å². The summed E-state index contributed by atoms with van der Waals surface area (Å²) in [6.45, 7) is 5.31. The minimum atomic E-state index is -0.378. The molecule has 1 atom stereocenters. The number of benzene rings is 1. The molecule has 1 aromatic carbocycles. The first-order chi connectivity index (χ1) is 9.04. The van der Waals surface area contributed by atoms with E-state index >= 15 is 0 Å². The van der Waals surface area contributed by atoms with E-state index in [0.29, 0.717) is 30.9 Å². The summed E-state index contributed by atoms with van der Waals surface area (Å²) in [7, 11) is 1.59. The van der Waals surface area contributed by atoms with Crippen LogP contribution in [-0.2, 0) is 0 Å². The molecule has 1 amide bonds. The van der Waals surface area contributed by atoms with E-state index in [1.165, 1.54) is 0 Å². The Labute approximate surface area is 114 Å². The summed E-state index contributed by atoms with van der Waals surface area (Å²) in [5, 5.41) is 14.9. The molecular weight excluding hydrogens is 244 g/mol. The van der Waals surface area contributed by atoms with Crippen molar-refractivity contribution in [3.05, 3.63) is 29.3 Å². The molecule has 0 aliphatic heterocycles. The van der Waals surface area contributed by atoms with Gasteiger partial charge in [-0.15, -0.1) is 0 Å². The van der Waals surface area contributed by atoms with Gasteiger partial charge < -0.3 is 20.5 Å². The molecule has 0 aliphatic carbocycles. The molecule has 19 heavy (non-hydrogen) atoms. The average Bonchev–Trinajstić information content (AvgIpc) is 2.38. The maximum atomic E-state index is 11.9. The van der Waals surface area contributed by atoms with E-state index in [0.717, 1.165) is 5.56 Å². The van der Waals surface area contributed by atoms with Gasteiger partial charge in [0.05, 0.1) is 13.2 Å². The third kappa shape index (κ3) is 5.28. The molecule has 0 aliphatic rings. The van der Waals surface area contributed by atoms with Crippen molar-refractivity contribution in [2.24, 2.45) is 0 Å². The number of nitrogens with one attached hydrogen (secondary N) is 2. The standard InChI is InChI=1S/C14H22N2O3/c1-10-4-5-12(8-13(10)19-3)14(18)16-7-6-15-9-11(2)17/h4-5,8,11,15,17H,6-7,9H2,1-3H3,(H,16,18). The van der Waals surface area contributed by atoms with Crippen molar-refractivity contribution in [3.8, 4) is 5.75 Å². The van der Waals surface area contributed by atoms with E-state index in [-0.39, 0.29) is 12.0 Å². The predicted molar refractivity (Wildman–Crippen MR) is 74.6 cm³/mol. The summed E-state index contributed by atoms with van der Waals surface area (Å²) in [6, 6.07) is 5.36. The van der Waals surface area contributed by atoms with E-state index in [2.05, 4.69) is 10.6 Å². The summed E-state index contributed by atoms with van der Waals surface area (Å²) in [5.41, 5.74) is 1.58. The summed E-state index contributed by atoms with van der Waals surface area (Å²) in [5.74, 6) is 0.581. The van der Waals surface area contributed by atoms with E-state index < -0.39 is 0 Å². The Balaban J connectivity index is 2.41. The predicted octanol–water partition coefficient (Wildman–Crippen LogP) is 0.704. The van der Waals surface area contributed by atoms with Crippen LogP contribution in [0, 0.1) is 6.92 Å². The van der Waals surface area contributed by atoms with Gasteiger partial charge in [-0.3, -0.25) is 4.79 Å². The van der Waals surface area contributed by atoms with Crippen LogP contribution in [0.25, 0.3) is 0 Å². The number of aliphatic hydroxyl groups excluding tert-OH is 1. The summed E-state index contributed by atoms with van der Waals surface area (Å²) >= 11 is 0. The third-order valence-corrected chi connectivity index (χ3v) is 2.70. The first kappa shape index (κ1) is 15.5. The van der Waals surface area contributed by atoms with Crippen LogP contribution in [-0.4, -0.2) is 43.9 Å². The molecule has 0 fully saturated rings. The number of hydrogen-bond acceptors (Lipinski definition) is 4. The second kappa shape index (κ2) is 7.76. The van der Waals surface area contributed by atoms with E-state index in [4.69, 9.17) is 9.84 Å². The van der Waals surface area contributed by atoms with Gasteiger partial charge in [-0.2, -0.15) is 0 Å². The zero-order chi connectivity index (χ0) is 14.3. The molecule has 0 heterocycles. The number of carbonyl (C=O) groups is 1. The fourth-order valence-electron chi connectivity index (χ4n) is 1.64. The van der Waals surface area contributed by atoms with Crippen molar-refractivity contribution >= 4 is 5.91 Å². The van der Waals surface area contributed by atoms with Gasteiger partial charge >= 0.3 is 0 Å². The molecule has 0 saturated carbocycles. The molecule has 0 saturated heterocycles. The fourth-order valence-corrected chi connectivity index (χ4v) is 1.64. The van der Waals surface area contributed by atoms with Crippen LogP contribution in [0.15, 0.2) is 18.2 Å². The van der Waals surface area contributed by atoms with E-state index in [9.17, 15) is 4.79 Å². The zero-order valence-electron chi connectivity index (χ0n) is 11.7. The highest BCUT2D eigenvalue weighted by Crippen LogP contribution is 2.18. The Morgan fingerprint density at radius 3 is 2.79 bits per heavy atom. The zero-order valence-corrected chi connectivity index (χ0v) is 11.7. The van der Waals surface area contributed by atoms with Gasteiger partial charge in [0.15, 0.2) is 0 Å². The lowest BCUT2D eigenvalue weighted by Gasteiger charge is -2.10.